The lowest BCUT2D eigenvalue weighted by Crippen LogP contribution is -2.64. The van der Waals surface area contributed by atoms with E-state index in [0.717, 1.165) is 31.7 Å². The van der Waals surface area contributed by atoms with Gasteiger partial charge in [-0.15, -0.1) is 0 Å². The van der Waals surface area contributed by atoms with Gasteiger partial charge in [0.25, 0.3) is 0 Å². The summed E-state index contributed by atoms with van der Waals surface area (Å²) in [5.74, 6) is -0.251. The summed E-state index contributed by atoms with van der Waals surface area (Å²) in [6, 6.07) is 1.84. The molecule has 104 valence electrons. The van der Waals surface area contributed by atoms with Gasteiger partial charge in [0.15, 0.2) is 5.65 Å². The third-order valence-electron chi connectivity index (χ3n) is 4.30. The fourth-order valence-electron chi connectivity index (χ4n) is 3.31. The van der Waals surface area contributed by atoms with Crippen molar-refractivity contribution in [3.05, 3.63) is 24.0 Å². The highest BCUT2D eigenvalue weighted by Gasteiger charge is 2.52. The van der Waals surface area contributed by atoms with E-state index < -0.39 is 5.97 Å². The average Bonchev–Trinajstić information content (AvgIpc) is 2.74. The largest absolute Gasteiger partial charge is 0.477 e. The second-order valence-electron chi connectivity index (χ2n) is 5.84. The molecule has 1 spiro atoms. The number of aromatic carboxylic acids is 1. The van der Waals surface area contributed by atoms with E-state index in [4.69, 9.17) is 5.11 Å². The molecule has 0 aromatic carbocycles. The minimum absolute atomic E-state index is 0.112. The molecule has 0 bridgehead atoms. The Bertz CT molecular complexity index is 697. The van der Waals surface area contributed by atoms with Gasteiger partial charge in [0.1, 0.15) is 11.4 Å². The summed E-state index contributed by atoms with van der Waals surface area (Å²) >= 11 is 0. The molecule has 3 heterocycles. The van der Waals surface area contributed by atoms with Crippen LogP contribution in [0, 0.1) is 5.41 Å². The lowest BCUT2D eigenvalue weighted by Gasteiger charge is -2.58. The number of carboxylic acids is 1. The van der Waals surface area contributed by atoms with Gasteiger partial charge in [0.05, 0.1) is 12.3 Å². The number of hydrogen-bond donors (Lipinski definition) is 2. The summed E-state index contributed by atoms with van der Waals surface area (Å²) in [6.45, 7) is 1.76. The molecule has 1 aliphatic heterocycles. The van der Waals surface area contributed by atoms with Gasteiger partial charge in [-0.2, -0.15) is 5.10 Å². The van der Waals surface area contributed by atoms with Crippen LogP contribution in [0.5, 0.6) is 0 Å². The molecule has 2 N–H and O–H groups in total. The Hall–Kier alpha value is -2.15. The Kier molecular flexibility index (Phi) is 2.15. The van der Waals surface area contributed by atoms with Gasteiger partial charge in [-0.25, -0.2) is 14.3 Å². The summed E-state index contributed by atoms with van der Waals surface area (Å²) < 4.78 is 1.47. The standard InChI is InChI=1S/C13H14N4O3/c18-8-3-13(4-8)6-16(7-13)10-1-2-17-11(15-10)9(5-14-17)12(19)20/h1-2,5,8,18H,3-4,6-7H2,(H,19,20). The third kappa shape index (κ3) is 1.53. The lowest BCUT2D eigenvalue weighted by molar-refractivity contribution is -0.0494. The maximum Gasteiger partial charge on any atom is 0.341 e. The molecule has 2 aromatic heterocycles. The fraction of sp³-hybridized carbons (Fsp3) is 0.462. The normalized spacial score (nSPS) is 20.9. The van der Waals surface area contributed by atoms with Crippen molar-refractivity contribution in [3.8, 4) is 0 Å². The van der Waals surface area contributed by atoms with E-state index in [-0.39, 0.29) is 17.1 Å². The summed E-state index contributed by atoms with van der Waals surface area (Å²) in [5.41, 5.74) is 0.731. The number of fused-ring (bicyclic) bond motifs is 1. The molecule has 0 amide bonds. The Morgan fingerprint density at radius 1 is 1.40 bits per heavy atom. The first-order valence-electron chi connectivity index (χ1n) is 6.57. The monoisotopic (exact) mass is 274 g/mol. The zero-order valence-corrected chi connectivity index (χ0v) is 10.7. The van der Waals surface area contributed by atoms with Crippen molar-refractivity contribution < 1.29 is 15.0 Å². The van der Waals surface area contributed by atoms with Crippen LogP contribution in [0.3, 0.4) is 0 Å². The van der Waals surface area contributed by atoms with E-state index in [2.05, 4.69) is 15.0 Å². The van der Waals surface area contributed by atoms with E-state index in [1.54, 1.807) is 6.20 Å². The molecule has 7 heteroatoms. The van der Waals surface area contributed by atoms with Crippen molar-refractivity contribution in [2.75, 3.05) is 18.0 Å². The second-order valence-corrected chi connectivity index (χ2v) is 5.84. The van der Waals surface area contributed by atoms with E-state index in [1.807, 2.05) is 6.07 Å². The summed E-state index contributed by atoms with van der Waals surface area (Å²) in [4.78, 5) is 17.6. The number of rotatable bonds is 2. The third-order valence-corrected chi connectivity index (χ3v) is 4.30. The van der Waals surface area contributed by atoms with Crippen LogP contribution in [-0.4, -0.2) is 50.0 Å². The zero-order chi connectivity index (χ0) is 13.9. The molecular formula is C13H14N4O3. The lowest BCUT2D eigenvalue weighted by atomic mass is 9.62. The van der Waals surface area contributed by atoms with Crippen molar-refractivity contribution >= 4 is 17.4 Å². The number of hydrogen-bond acceptors (Lipinski definition) is 5. The topological polar surface area (TPSA) is 91.0 Å². The number of aliphatic hydroxyl groups is 1. The first-order chi connectivity index (χ1) is 9.56. The molecule has 0 radical (unpaired) electrons. The molecule has 1 aliphatic carbocycles. The highest BCUT2D eigenvalue weighted by Crippen LogP contribution is 2.49. The molecule has 7 nitrogen and oxygen atoms in total. The minimum atomic E-state index is -1.02. The van der Waals surface area contributed by atoms with Gasteiger partial charge in [0.2, 0.25) is 0 Å². The van der Waals surface area contributed by atoms with Crippen molar-refractivity contribution in [2.24, 2.45) is 5.41 Å². The van der Waals surface area contributed by atoms with Crippen LogP contribution < -0.4 is 4.90 Å². The van der Waals surface area contributed by atoms with Crippen LogP contribution in [0.2, 0.25) is 0 Å². The van der Waals surface area contributed by atoms with Crippen LogP contribution in [-0.2, 0) is 0 Å². The smallest absolute Gasteiger partial charge is 0.341 e. The average molecular weight is 274 g/mol. The number of aromatic nitrogens is 3. The van der Waals surface area contributed by atoms with Gasteiger partial charge in [-0.1, -0.05) is 0 Å². The first-order valence-corrected chi connectivity index (χ1v) is 6.57. The van der Waals surface area contributed by atoms with Gasteiger partial charge >= 0.3 is 5.97 Å². The minimum Gasteiger partial charge on any atom is -0.477 e. The Balaban J connectivity index is 1.62. The molecule has 0 unspecified atom stereocenters. The summed E-state index contributed by atoms with van der Waals surface area (Å²) in [6.07, 6.45) is 4.61. The van der Waals surface area contributed by atoms with E-state index >= 15 is 0 Å². The molecule has 4 rings (SSSR count). The number of anilines is 1. The maximum absolute atomic E-state index is 11.1. The number of nitrogens with zero attached hydrogens (tertiary/aromatic N) is 4. The van der Waals surface area contributed by atoms with Crippen LogP contribution in [0.25, 0.3) is 5.65 Å². The molecule has 1 saturated heterocycles. The molecule has 2 aliphatic rings. The molecule has 2 aromatic rings. The Labute approximate surface area is 114 Å². The molecule has 0 atom stereocenters. The van der Waals surface area contributed by atoms with E-state index in [1.165, 1.54) is 10.7 Å². The van der Waals surface area contributed by atoms with Crippen molar-refractivity contribution in [1.29, 1.82) is 0 Å². The number of carboxylic acid groups (broad SMARTS) is 1. The molecule has 1 saturated carbocycles. The predicted octanol–water partition coefficient (Wildman–Crippen LogP) is 0.389. The van der Waals surface area contributed by atoms with E-state index in [9.17, 15) is 9.90 Å². The molecule has 2 fully saturated rings. The van der Waals surface area contributed by atoms with Gasteiger partial charge < -0.3 is 15.1 Å². The van der Waals surface area contributed by atoms with Crippen LogP contribution in [0.15, 0.2) is 18.5 Å². The maximum atomic E-state index is 11.1. The molecular weight excluding hydrogens is 260 g/mol. The SMILES string of the molecule is O=C(O)c1cnn2ccc(N3CC4(CC(O)C4)C3)nc12. The van der Waals surface area contributed by atoms with Gasteiger partial charge in [-0.3, -0.25) is 0 Å². The first kappa shape index (κ1) is 11.7. The highest BCUT2D eigenvalue weighted by molar-refractivity contribution is 5.94. The fourth-order valence-corrected chi connectivity index (χ4v) is 3.31. The van der Waals surface area contributed by atoms with Gasteiger partial charge in [0, 0.05) is 24.7 Å². The van der Waals surface area contributed by atoms with Crippen molar-refractivity contribution in [3.63, 3.8) is 0 Å². The summed E-state index contributed by atoms with van der Waals surface area (Å²) in [7, 11) is 0. The van der Waals surface area contributed by atoms with Crippen molar-refractivity contribution in [1.82, 2.24) is 14.6 Å². The predicted molar refractivity (Wildman–Crippen MR) is 69.8 cm³/mol. The zero-order valence-electron chi connectivity index (χ0n) is 10.7. The Morgan fingerprint density at radius 3 is 2.80 bits per heavy atom. The molecule has 20 heavy (non-hydrogen) atoms. The summed E-state index contributed by atoms with van der Waals surface area (Å²) in [5, 5.41) is 22.5. The quantitative estimate of drug-likeness (QED) is 0.823. The van der Waals surface area contributed by atoms with Crippen LogP contribution in [0.4, 0.5) is 5.82 Å². The number of carbonyl (C=O) groups is 1. The van der Waals surface area contributed by atoms with Crippen LogP contribution >= 0.6 is 0 Å². The van der Waals surface area contributed by atoms with E-state index in [0.29, 0.717) is 5.65 Å². The number of aliphatic hydroxyl groups excluding tert-OH is 1. The van der Waals surface area contributed by atoms with Crippen molar-refractivity contribution in [2.45, 2.75) is 18.9 Å². The highest BCUT2D eigenvalue weighted by atomic mass is 16.4. The van der Waals surface area contributed by atoms with Gasteiger partial charge in [-0.05, 0) is 18.9 Å². The van der Waals surface area contributed by atoms with Crippen LogP contribution in [0.1, 0.15) is 23.2 Å². The second kappa shape index (κ2) is 3.69. The Morgan fingerprint density at radius 2 is 2.15 bits per heavy atom.